The van der Waals surface area contributed by atoms with E-state index in [0.29, 0.717) is 0 Å². The maximum absolute atomic E-state index is 10.9. The molecule has 0 saturated heterocycles. The highest BCUT2D eigenvalue weighted by Gasteiger charge is 2.58. The molecule has 0 aromatic carbocycles. The fourth-order valence-corrected chi connectivity index (χ4v) is 3.44. The van der Waals surface area contributed by atoms with Gasteiger partial charge in [0.1, 0.15) is 0 Å². The topological polar surface area (TPSA) is 164 Å². The zero-order chi connectivity index (χ0) is 14.6. The summed E-state index contributed by atoms with van der Waals surface area (Å²) in [5.74, 6) is -0.546. The zero-order valence-electron chi connectivity index (χ0n) is 9.13. The highest BCUT2D eigenvalue weighted by atomic mass is 32.1. The second-order valence-electron chi connectivity index (χ2n) is 3.47. The van der Waals surface area contributed by atoms with Gasteiger partial charge >= 0.3 is 15.2 Å². The Morgan fingerprint density at radius 3 is 1.94 bits per heavy atom. The first-order chi connectivity index (χ1) is 7.95. The third-order valence-electron chi connectivity index (χ3n) is 2.09. The number of rotatable bonds is 7. The van der Waals surface area contributed by atoms with E-state index in [2.05, 4.69) is 17.9 Å². The molecular formula is C6H15NO8P2S. The van der Waals surface area contributed by atoms with Gasteiger partial charge in [0, 0.05) is 13.0 Å². The van der Waals surface area contributed by atoms with Crippen molar-refractivity contribution < 1.29 is 38.6 Å². The van der Waals surface area contributed by atoms with Crippen LogP contribution >= 0.6 is 27.8 Å². The summed E-state index contributed by atoms with van der Waals surface area (Å²) >= 11 is 3.66. The molecule has 12 heteroatoms. The van der Waals surface area contributed by atoms with Gasteiger partial charge in [-0.15, -0.1) is 0 Å². The number of aliphatic hydroxyl groups is 1. The first-order valence-electron chi connectivity index (χ1n) is 4.67. The van der Waals surface area contributed by atoms with E-state index < -0.39 is 32.6 Å². The van der Waals surface area contributed by atoms with Gasteiger partial charge in [-0.3, -0.25) is 13.9 Å². The molecule has 0 aliphatic rings. The lowest BCUT2D eigenvalue weighted by atomic mass is 10.3. The Bertz CT molecular complexity index is 367. The average Bonchev–Trinajstić information content (AvgIpc) is 2.20. The van der Waals surface area contributed by atoms with Crippen LogP contribution in [0, 0.1) is 0 Å². The second-order valence-corrected chi connectivity index (χ2v) is 7.80. The maximum Gasteiger partial charge on any atom is 0.369 e. The largest absolute Gasteiger partial charge is 0.369 e. The molecular weight excluding hydrogens is 308 g/mol. The predicted molar refractivity (Wildman–Crippen MR) is 65.1 cm³/mol. The molecule has 0 bridgehead atoms. The highest BCUT2D eigenvalue weighted by molar-refractivity contribution is 7.81. The summed E-state index contributed by atoms with van der Waals surface area (Å²) in [6.07, 6.45) is -1.07. The Labute approximate surface area is 108 Å². The lowest BCUT2D eigenvalue weighted by Crippen LogP contribution is -2.31. The molecule has 0 radical (unpaired) electrons. The minimum atomic E-state index is -5.42. The maximum atomic E-state index is 10.9. The summed E-state index contributed by atoms with van der Waals surface area (Å²) in [5.41, 5.74) is 0. The van der Waals surface area contributed by atoms with Crippen LogP contribution in [0.4, 0.5) is 0 Å². The molecule has 1 amide bonds. The zero-order valence-corrected chi connectivity index (χ0v) is 11.8. The van der Waals surface area contributed by atoms with Gasteiger partial charge in [-0.05, 0) is 6.42 Å². The van der Waals surface area contributed by atoms with Gasteiger partial charge in [-0.25, -0.2) is 0 Å². The van der Waals surface area contributed by atoms with E-state index in [1.54, 1.807) is 0 Å². The Kier molecular flexibility index (Phi) is 6.52. The van der Waals surface area contributed by atoms with Crippen LogP contribution in [0.1, 0.15) is 12.8 Å². The van der Waals surface area contributed by atoms with E-state index in [4.69, 9.17) is 19.6 Å². The van der Waals surface area contributed by atoms with Gasteiger partial charge in [-0.2, -0.15) is 12.6 Å². The molecule has 0 aliphatic carbocycles. The van der Waals surface area contributed by atoms with Crippen molar-refractivity contribution in [2.24, 2.45) is 0 Å². The fraction of sp³-hybridized carbons (Fsp3) is 0.833. The molecule has 0 spiro atoms. The van der Waals surface area contributed by atoms with Gasteiger partial charge < -0.3 is 30.0 Å². The summed E-state index contributed by atoms with van der Waals surface area (Å²) in [4.78, 5) is 46.0. The van der Waals surface area contributed by atoms with Crippen LogP contribution in [0.25, 0.3) is 0 Å². The second kappa shape index (κ2) is 6.49. The normalized spacial score (nSPS) is 13.4. The number of carbonyl (C=O) groups is 1. The molecule has 0 atom stereocenters. The first-order valence-corrected chi connectivity index (χ1v) is 8.52. The van der Waals surface area contributed by atoms with Gasteiger partial charge in [0.25, 0.3) is 5.08 Å². The summed E-state index contributed by atoms with van der Waals surface area (Å²) in [5, 5.41) is 8.30. The lowest BCUT2D eigenvalue weighted by molar-refractivity contribution is -0.118. The molecule has 108 valence electrons. The molecule has 0 aliphatic heterocycles. The van der Waals surface area contributed by atoms with E-state index >= 15 is 0 Å². The molecule has 9 nitrogen and oxygen atoms in total. The van der Waals surface area contributed by atoms with Crippen LogP contribution in [-0.4, -0.2) is 48.0 Å². The number of nitrogens with one attached hydrogen (secondary N) is 1. The van der Waals surface area contributed by atoms with Crippen LogP contribution in [-0.2, 0) is 13.9 Å². The van der Waals surface area contributed by atoms with Crippen molar-refractivity contribution in [3.63, 3.8) is 0 Å². The Morgan fingerprint density at radius 2 is 1.61 bits per heavy atom. The third kappa shape index (κ3) is 4.64. The average molecular weight is 323 g/mol. The number of thiol groups is 1. The van der Waals surface area contributed by atoms with Crippen molar-refractivity contribution in [2.45, 2.75) is 17.9 Å². The molecule has 18 heavy (non-hydrogen) atoms. The van der Waals surface area contributed by atoms with E-state index in [9.17, 15) is 19.0 Å². The molecule has 0 unspecified atom stereocenters. The number of hydrogen-bond acceptors (Lipinski definition) is 5. The molecule has 0 rings (SSSR count). The predicted octanol–water partition coefficient (Wildman–Crippen LogP) is -1.19. The van der Waals surface area contributed by atoms with Crippen molar-refractivity contribution in [1.82, 2.24) is 5.32 Å². The quantitative estimate of drug-likeness (QED) is 0.175. The Balaban J connectivity index is 4.63. The van der Waals surface area contributed by atoms with Gasteiger partial charge in [0.15, 0.2) is 0 Å². The van der Waals surface area contributed by atoms with Crippen molar-refractivity contribution in [3.8, 4) is 0 Å². The first kappa shape index (κ1) is 18.1. The molecule has 0 aromatic rings. The minimum Gasteiger partial charge on any atom is -0.368 e. The summed E-state index contributed by atoms with van der Waals surface area (Å²) in [6.45, 7) is -0.0955. The van der Waals surface area contributed by atoms with Gasteiger partial charge in [0.05, 0.1) is 5.75 Å². The Hall–Kier alpha value is 0.0800. The standard InChI is InChI=1S/C6H15NO8P2S/c8-5(4-18)7-3-1-2-6(9,16(10,11)12)17(13,14)15/h9,18H,1-4H2,(H,7,8)(H2,10,11,12)(H2,13,14,15). The SMILES string of the molecule is O=C(CS)NCCCC(O)(P(=O)(O)O)P(=O)(O)O. The van der Waals surface area contributed by atoms with Crippen LogP contribution in [0.2, 0.25) is 0 Å². The van der Waals surface area contributed by atoms with E-state index in [-0.39, 0.29) is 18.7 Å². The van der Waals surface area contributed by atoms with Crippen LogP contribution in [0.5, 0.6) is 0 Å². The highest BCUT2D eigenvalue weighted by Crippen LogP contribution is 2.69. The molecule has 0 aromatic heterocycles. The Morgan fingerprint density at radius 1 is 1.17 bits per heavy atom. The van der Waals surface area contributed by atoms with Crippen molar-refractivity contribution in [2.75, 3.05) is 12.3 Å². The van der Waals surface area contributed by atoms with Crippen molar-refractivity contribution >= 4 is 33.7 Å². The molecule has 0 fully saturated rings. The summed E-state index contributed by atoms with van der Waals surface area (Å²) in [7, 11) is -10.8. The molecule has 6 N–H and O–H groups in total. The van der Waals surface area contributed by atoms with E-state index in [0.717, 1.165) is 0 Å². The van der Waals surface area contributed by atoms with Gasteiger partial charge in [-0.1, -0.05) is 0 Å². The third-order valence-corrected chi connectivity index (χ3v) is 6.25. The van der Waals surface area contributed by atoms with Crippen LogP contribution in [0.15, 0.2) is 0 Å². The summed E-state index contributed by atoms with van der Waals surface area (Å²) in [6, 6.07) is 0. The number of amides is 1. The number of hydrogen-bond donors (Lipinski definition) is 7. The smallest absolute Gasteiger partial charge is 0.368 e. The van der Waals surface area contributed by atoms with Gasteiger partial charge in [0.2, 0.25) is 5.91 Å². The summed E-state index contributed by atoms with van der Waals surface area (Å²) < 4.78 is 21.9. The van der Waals surface area contributed by atoms with Crippen molar-refractivity contribution in [3.05, 3.63) is 0 Å². The fourth-order valence-electron chi connectivity index (χ4n) is 1.07. The lowest BCUT2D eigenvalue weighted by Gasteiger charge is -2.29. The van der Waals surface area contributed by atoms with Crippen molar-refractivity contribution in [1.29, 1.82) is 0 Å². The monoisotopic (exact) mass is 323 g/mol. The number of carbonyl (C=O) groups excluding carboxylic acids is 1. The van der Waals surface area contributed by atoms with E-state index in [1.165, 1.54) is 0 Å². The van der Waals surface area contributed by atoms with Crippen LogP contribution in [0.3, 0.4) is 0 Å². The van der Waals surface area contributed by atoms with E-state index in [1.807, 2.05) is 0 Å². The molecule has 0 saturated carbocycles. The van der Waals surface area contributed by atoms with Crippen LogP contribution < -0.4 is 5.32 Å². The molecule has 0 heterocycles. The minimum absolute atomic E-state index is 0.0955.